The van der Waals surface area contributed by atoms with Gasteiger partial charge in [-0.3, -0.25) is 4.98 Å². The van der Waals surface area contributed by atoms with Gasteiger partial charge >= 0.3 is 0 Å². The maximum Gasteiger partial charge on any atom is 0.0630 e. The van der Waals surface area contributed by atoms with Crippen LogP contribution in [0.1, 0.15) is 90.9 Å². The van der Waals surface area contributed by atoms with Gasteiger partial charge < -0.3 is 0 Å². The van der Waals surface area contributed by atoms with E-state index in [0.717, 1.165) is 0 Å². The topological polar surface area (TPSA) is 12.9 Å². The third-order valence-electron chi connectivity index (χ3n) is 4.54. The average molecular weight is 336 g/mol. The van der Waals surface area contributed by atoms with Crippen LogP contribution in [-0.4, -0.2) is 17.3 Å². The van der Waals surface area contributed by atoms with Crippen LogP contribution in [0.5, 0.6) is 0 Å². The van der Waals surface area contributed by atoms with E-state index < -0.39 is 0 Å². The van der Waals surface area contributed by atoms with Crippen molar-refractivity contribution in [1.82, 2.24) is 4.98 Å². The first-order valence-corrected chi connectivity index (χ1v) is 11.8. The summed E-state index contributed by atoms with van der Waals surface area (Å²) in [5.41, 5.74) is 1.39. The highest BCUT2D eigenvalue weighted by atomic mass is 31.1. The largest absolute Gasteiger partial charge is 0.257 e. The minimum absolute atomic E-state index is 0.0159. The van der Waals surface area contributed by atoms with Crippen LogP contribution in [0, 0.1) is 0 Å². The van der Waals surface area contributed by atoms with Crippen LogP contribution in [0.3, 0.4) is 0 Å². The molecule has 0 radical (unpaired) electrons. The molecule has 0 atom stereocenters. The lowest BCUT2D eigenvalue weighted by atomic mass is 10.1. The highest BCUT2D eigenvalue weighted by molar-refractivity contribution is 7.65. The molecule has 1 rings (SSSR count). The smallest absolute Gasteiger partial charge is 0.0630 e. The van der Waals surface area contributed by atoms with Gasteiger partial charge in [-0.1, -0.05) is 92.0 Å². The Morgan fingerprint density at radius 1 is 0.696 bits per heavy atom. The lowest BCUT2D eigenvalue weighted by Crippen LogP contribution is -2.10. The zero-order valence-electron chi connectivity index (χ0n) is 15.6. The molecule has 0 N–H and O–H groups in total. The van der Waals surface area contributed by atoms with Crippen molar-refractivity contribution in [1.29, 1.82) is 0 Å². The molecule has 0 aliphatic carbocycles. The van der Waals surface area contributed by atoms with Crippen LogP contribution in [0.25, 0.3) is 0 Å². The Morgan fingerprint density at radius 3 is 1.70 bits per heavy atom. The van der Waals surface area contributed by atoms with Gasteiger partial charge in [-0.2, -0.15) is 0 Å². The molecule has 0 aromatic carbocycles. The third-order valence-corrected chi connectivity index (χ3v) is 7.16. The molecule has 0 aliphatic rings. The molecule has 0 unspecified atom stereocenters. The van der Waals surface area contributed by atoms with E-state index >= 15 is 0 Å². The number of rotatable bonds is 15. The van der Waals surface area contributed by atoms with E-state index in [-0.39, 0.29) is 7.92 Å². The standard InChI is InChI=1S/C21H38NP/c1-3-5-7-9-11-15-19-23(21-17-13-14-18-22-21)20-16-12-10-8-6-4-2/h13-14,17-18H,3-12,15-16,19-20H2,1-2H3. The van der Waals surface area contributed by atoms with Gasteiger partial charge in [0.15, 0.2) is 0 Å². The van der Waals surface area contributed by atoms with E-state index in [1.807, 2.05) is 12.3 Å². The summed E-state index contributed by atoms with van der Waals surface area (Å²) in [5, 5.41) is 0. The van der Waals surface area contributed by atoms with E-state index in [9.17, 15) is 0 Å². The fourth-order valence-electron chi connectivity index (χ4n) is 3.05. The number of pyridine rings is 1. The van der Waals surface area contributed by atoms with Crippen molar-refractivity contribution in [3.63, 3.8) is 0 Å². The van der Waals surface area contributed by atoms with Gasteiger partial charge in [-0.25, -0.2) is 0 Å². The summed E-state index contributed by atoms with van der Waals surface area (Å²) >= 11 is 0. The maximum absolute atomic E-state index is 4.66. The Kier molecular flexibility index (Phi) is 13.6. The summed E-state index contributed by atoms with van der Waals surface area (Å²) in [5.74, 6) is 0. The zero-order valence-corrected chi connectivity index (χ0v) is 16.5. The highest BCUT2D eigenvalue weighted by Gasteiger charge is 2.11. The molecule has 0 amide bonds. The van der Waals surface area contributed by atoms with Crippen LogP contribution in [0.2, 0.25) is 0 Å². The van der Waals surface area contributed by atoms with Gasteiger partial charge in [0, 0.05) is 6.20 Å². The van der Waals surface area contributed by atoms with Crippen molar-refractivity contribution in [2.45, 2.75) is 90.9 Å². The van der Waals surface area contributed by atoms with E-state index in [1.54, 1.807) is 0 Å². The van der Waals surface area contributed by atoms with Gasteiger partial charge in [-0.05, 0) is 37.3 Å². The third kappa shape index (κ3) is 10.9. The lowest BCUT2D eigenvalue weighted by Gasteiger charge is -2.17. The second-order valence-electron chi connectivity index (χ2n) is 6.71. The fraction of sp³-hybridized carbons (Fsp3) is 0.762. The normalized spacial score (nSPS) is 11.3. The summed E-state index contributed by atoms with van der Waals surface area (Å²) < 4.78 is 0. The Labute approximate surface area is 146 Å². The first-order valence-electron chi connectivity index (χ1n) is 10.0. The maximum atomic E-state index is 4.66. The Morgan fingerprint density at radius 2 is 1.22 bits per heavy atom. The molecular formula is C21H38NP. The molecule has 2 heteroatoms. The Balaban J connectivity index is 2.26. The van der Waals surface area contributed by atoms with Crippen LogP contribution in [-0.2, 0) is 0 Å². The monoisotopic (exact) mass is 335 g/mol. The average Bonchev–Trinajstić information content (AvgIpc) is 2.60. The molecule has 0 aliphatic heterocycles. The summed E-state index contributed by atoms with van der Waals surface area (Å²) in [4.78, 5) is 4.66. The molecule has 0 saturated heterocycles. The summed E-state index contributed by atoms with van der Waals surface area (Å²) in [6.45, 7) is 4.59. The van der Waals surface area contributed by atoms with Crippen molar-refractivity contribution in [3.8, 4) is 0 Å². The molecule has 0 fully saturated rings. The highest BCUT2D eigenvalue weighted by Crippen LogP contribution is 2.36. The van der Waals surface area contributed by atoms with Gasteiger partial charge in [-0.15, -0.1) is 0 Å². The van der Waals surface area contributed by atoms with Gasteiger partial charge in [0.2, 0.25) is 0 Å². The second kappa shape index (κ2) is 15.1. The van der Waals surface area contributed by atoms with Crippen molar-refractivity contribution >= 4 is 13.4 Å². The summed E-state index contributed by atoms with van der Waals surface area (Å²) in [6.07, 6.45) is 21.6. The minimum Gasteiger partial charge on any atom is -0.257 e. The zero-order chi connectivity index (χ0) is 16.6. The Bertz CT molecular complexity index is 336. The molecule has 1 heterocycles. The minimum atomic E-state index is -0.0159. The SMILES string of the molecule is CCCCCCCCP(CCCCCCCC)c1ccccn1. The number of hydrogen-bond donors (Lipinski definition) is 0. The molecule has 0 spiro atoms. The van der Waals surface area contributed by atoms with Gasteiger partial charge in [0.1, 0.15) is 0 Å². The van der Waals surface area contributed by atoms with Crippen LogP contribution in [0.15, 0.2) is 24.4 Å². The second-order valence-corrected chi connectivity index (χ2v) is 9.14. The van der Waals surface area contributed by atoms with E-state index in [2.05, 4.69) is 31.0 Å². The number of hydrogen-bond acceptors (Lipinski definition) is 1. The molecule has 1 aromatic rings. The Hall–Kier alpha value is -0.420. The van der Waals surface area contributed by atoms with Gasteiger partial charge in [0.25, 0.3) is 0 Å². The summed E-state index contributed by atoms with van der Waals surface area (Å²) in [7, 11) is -0.0159. The van der Waals surface area contributed by atoms with E-state index in [4.69, 9.17) is 0 Å². The lowest BCUT2D eigenvalue weighted by molar-refractivity contribution is 0.622. The van der Waals surface area contributed by atoms with Crippen LogP contribution >= 0.6 is 7.92 Å². The predicted octanol–water partition coefficient (Wildman–Crippen LogP) is 6.91. The van der Waals surface area contributed by atoms with Gasteiger partial charge in [0.05, 0.1) is 5.44 Å². The van der Waals surface area contributed by atoms with E-state index in [0.29, 0.717) is 0 Å². The van der Waals surface area contributed by atoms with Crippen molar-refractivity contribution in [2.75, 3.05) is 12.3 Å². The van der Waals surface area contributed by atoms with Crippen molar-refractivity contribution in [2.24, 2.45) is 0 Å². The molecule has 1 aromatic heterocycles. The molecule has 0 bridgehead atoms. The molecule has 0 saturated carbocycles. The number of nitrogens with zero attached hydrogens (tertiary/aromatic N) is 1. The molecular weight excluding hydrogens is 297 g/mol. The quantitative estimate of drug-likeness (QED) is 0.251. The molecule has 1 nitrogen and oxygen atoms in total. The van der Waals surface area contributed by atoms with Crippen molar-refractivity contribution in [3.05, 3.63) is 24.4 Å². The summed E-state index contributed by atoms with van der Waals surface area (Å²) in [6, 6.07) is 6.48. The fourth-order valence-corrected chi connectivity index (χ4v) is 5.47. The number of unbranched alkanes of at least 4 members (excludes halogenated alkanes) is 10. The van der Waals surface area contributed by atoms with Crippen molar-refractivity contribution < 1.29 is 0 Å². The predicted molar refractivity (Wildman–Crippen MR) is 107 cm³/mol. The first kappa shape index (κ1) is 20.6. The first-order chi connectivity index (χ1) is 11.4. The number of aromatic nitrogens is 1. The van der Waals surface area contributed by atoms with E-state index in [1.165, 1.54) is 94.8 Å². The van der Waals surface area contributed by atoms with Crippen LogP contribution in [0.4, 0.5) is 0 Å². The molecule has 132 valence electrons. The van der Waals surface area contributed by atoms with Crippen LogP contribution < -0.4 is 5.44 Å². The molecule has 23 heavy (non-hydrogen) atoms.